The molecule has 0 aliphatic rings. The molecule has 0 amide bonds. The van der Waals surface area contributed by atoms with E-state index in [1.54, 1.807) is 13.4 Å². The fraction of sp³-hybridized carbons (Fsp3) is 0.269. The molecule has 0 atom stereocenters. The number of nitrogens with zero attached hydrogens (tertiary/aromatic N) is 3. The third-order valence-electron chi connectivity index (χ3n) is 5.29. The van der Waals surface area contributed by atoms with Crippen LogP contribution in [0, 0.1) is 11.3 Å². The summed E-state index contributed by atoms with van der Waals surface area (Å²) in [4.78, 5) is 9.03. The number of ether oxygens (including phenoxy) is 2. The molecule has 162 valence electrons. The quantitative estimate of drug-likeness (QED) is 0.297. The van der Waals surface area contributed by atoms with Crippen LogP contribution in [-0.2, 0) is 11.2 Å². The van der Waals surface area contributed by atoms with Crippen LogP contribution in [0.4, 0.5) is 0 Å². The van der Waals surface area contributed by atoms with Crippen molar-refractivity contribution in [1.29, 1.82) is 5.26 Å². The zero-order valence-electron chi connectivity index (χ0n) is 18.1. The summed E-state index contributed by atoms with van der Waals surface area (Å²) in [5.74, 6) is 1.59. The second-order valence-electron chi connectivity index (χ2n) is 7.38. The molecule has 4 aromatic rings. The fourth-order valence-corrected chi connectivity index (χ4v) is 3.73. The molecule has 0 saturated carbocycles. The van der Waals surface area contributed by atoms with Crippen LogP contribution in [0.3, 0.4) is 0 Å². The number of aryl methyl sites for hydroxylation is 1. The van der Waals surface area contributed by atoms with Crippen molar-refractivity contribution in [1.82, 2.24) is 9.97 Å². The fourth-order valence-electron chi connectivity index (χ4n) is 3.73. The lowest BCUT2D eigenvalue weighted by molar-refractivity contribution is 0.136. The average molecular weight is 428 g/mol. The first-order chi connectivity index (χ1) is 15.8. The normalized spacial score (nSPS) is 10.9. The summed E-state index contributed by atoms with van der Waals surface area (Å²) in [6, 6.07) is 20.1. The third-order valence-corrected chi connectivity index (χ3v) is 5.29. The molecule has 0 N–H and O–H groups in total. The minimum atomic E-state index is 0.426. The molecular formula is C26H25N3O3. The molecule has 0 aliphatic heterocycles. The number of methoxy groups -OCH3 is 1. The summed E-state index contributed by atoms with van der Waals surface area (Å²) in [6.45, 7) is 1.12. The Morgan fingerprint density at radius 1 is 0.938 bits per heavy atom. The lowest BCUT2D eigenvalue weighted by Gasteiger charge is -2.08. The maximum Gasteiger partial charge on any atom is 0.230 e. The van der Waals surface area contributed by atoms with Crippen LogP contribution < -0.4 is 4.74 Å². The van der Waals surface area contributed by atoms with Crippen molar-refractivity contribution < 1.29 is 13.9 Å². The maximum absolute atomic E-state index is 8.59. The van der Waals surface area contributed by atoms with Gasteiger partial charge in [0, 0.05) is 17.7 Å². The molecule has 0 aliphatic carbocycles. The number of fused-ring (bicyclic) bond motifs is 1. The molecule has 0 saturated heterocycles. The lowest BCUT2D eigenvalue weighted by Crippen LogP contribution is -1.99. The summed E-state index contributed by atoms with van der Waals surface area (Å²) in [5, 5.41) is 9.54. The Balaban J connectivity index is 1.69. The molecule has 0 spiro atoms. The van der Waals surface area contributed by atoms with E-state index < -0.39 is 0 Å². The van der Waals surface area contributed by atoms with Gasteiger partial charge in [-0.3, -0.25) is 0 Å². The highest BCUT2D eigenvalue weighted by molar-refractivity contribution is 6.01. The number of rotatable bonds is 10. The first-order valence-electron chi connectivity index (χ1n) is 10.7. The van der Waals surface area contributed by atoms with E-state index in [1.807, 2.05) is 54.6 Å². The van der Waals surface area contributed by atoms with Gasteiger partial charge in [0.1, 0.15) is 17.8 Å². The Morgan fingerprint density at radius 3 is 2.50 bits per heavy atom. The third kappa shape index (κ3) is 4.79. The van der Waals surface area contributed by atoms with Gasteiger partial charge in [-0.15, -0.1) is 0 Å². The van der Waals surface area contributed by atoms with E-state index in [4.69, 9.17) is 19.2 Å². The minimum Gasteiger partial charge on any atom is -0.497 e. The van der Waals surface area contributed by atoms with E-state index in [1.165, 1.54) is 0 Å². The van der Waals surface area contributed by atoms with Crippen molar-refractivity contribution in [3.63, 3.8) is 0 Å². The lowest BCUT2D eigenvalue weighted by atomic mass is 9.97. The number of hydrogen-bond acceptors (Lipinski definition) is 6. The van der Waals surface area contributed by atoms with Crippen LogP contribution in [0.2, 0.25) is 0 Å². The zero-order valence-corrected chi connectivity index (χ0v) is 18.1. The van der Waals surface area contributed by atoms with E-state index in [0.29, 0.717) is 25.3 Å². The summed E-state index contributed by atoms with van der Waals surface area (Å²) in [7, 11) is 1.66. The van der Waals surface area contributed by atoms with Crippen LogP contribution in [-0.4, -0.2) is 30.3 Å². The molecule has 0 fully saturated rings. The molecule has 0 unspecified atom stereocenters. The van der Waals surface area contributed by atoms with E-state index in [9.17, 15) is 0 Å². The van der Waals surface area contributed by atoms with E-state index in [-0.39, 0.29) is 0 Å². The maximum atomic E-state index is 8.59. The monoisotopic (exact) mass is 427 g/mol. The molecule has 4 rings (SSSR count). The Kier molecular flexibility index (Phi) is 7.11. The number of unbranched alkanes of at least 4 members (excludes halogenated alkanes) is 1. The van der Waals surface area contributed by atoms with E-state index >= 15 is 0 Å². The Hall–Kier alpha value is -3.69. The number of aromatic nitrogens is 2. The number of benzene rings is 2. The van der Waals surface area contributed by atoms with Crippen LogP contribution in [0.25, 0.3) is 33.6 Å². The largest absolute Gasteiger partial charge is 0.497 e. The Labute approximate surface area is 187 Å². The smallest absolute Gasteiger partial charge is 0.230 e. The molecule has 0 radical (unpaired) electrons. The number of furan rings is 1. The molecule has 0 bridgehead atoms. The molecular weight excluding hydrogens is 402 g/mol. The minimum absolute atomic E-state index is 0.426. The number of nitriles is 1. The summed E-state index contributed by atoms with van der Waals surface area (Å²) in [5.41, 5.74) is 4.57. The van der Waals surface area contributed by atoms with Gasteiger partial charge < -0.3 is 13.9 Å². The average Bonchev–Trinajstić information content (AvgIpc) is 3.24. The molecule has 6 nitrogen and oxygen atoms in total. The Bertz CT molecular complexity index is 1190. The predicted octanol–water partition coefficient (Wildman–Crippen LogP) is 5.82. The SMILES string of the molecule is COc1ccc(-c2c(-c3ccccc3)oc3ncnc(CCCCOCCC#N)c23)cc1. The second-order valence-corrected chi connectivity index (χ2v) is 7.38. The van der Waals surface area contributed by atoms with Crippen molar-refractivity contribution in [3.05, 3.63) is 66.6 Å². The molecule has 2 aromatic heterocycles. The molecule has 2 heterocycles. The topological polar surface area (TPSA) is 81.2 Å². The predicted molar refractivity (Wildman–Crippen MR) is 123 cm³/mol. The van der Waals surface area contributed by atoms with Gasteiger partial charge in [-0.25, -0.2) is 9.97 Å². The van der Waals surface area contributed by atoms with Crippen LogP contribution >= 0.6 is 0 Å². The standard InChI is InChI=1S/C26H25N3O3/c1-30-21-13-11-19(12-14-21)23-24-22(10-5-6-16-31-17-7-15-27)28-18-29-26(24)32-25(23)20-8-3-2-4-9-20/h2-4,8-9,11-14,18H,5-7,10,16-17H2,1H3. The van der Waals surface area contributed by atoms with Gasteiger partial charge in [-0.2, -0.15) is 5.26 Å². The van der Waals surface area contributed by atoms with Crippen molar-refractivity contribution in [2.75, 3.05) is 20.3 Å². The van der Waals surface area contributed by atoms with Gasteiger partial charge >= 0.3 is 0 Å². The van der Waals surface area contributed by atoms with E-state index in [0.717, 1.165) is 58.5 Å². The molecule has 2 aromatic carbocycles. The highest BCUT2D eigenvalue weighted by Crippen LogP contribution is 2.41. The van der Waals surface area contributed by atoms with Crippen molar-refractivity contribution >= 4 is 11.1 Å². The summed E-state index contributed by atoms with van der Waals surface area (Å²) < 4.78 is 17.1. The first kappa shape index (κ1) is 21.5. The van der Waals surface area contributed by atoms with Crippen molar-refractivity contribution in [3.8, 4) is 34.3 Å². The molecule has 32 heavy (non-hydrogen) atoms. The first-order valence-corrected chi connectivity index (χ1v) is 10.7. The van der Waals surface area contributed by atoms with Gasteiger partial charge in [-0.05, 0) is 37.0 Å². The van der Waals surface area contributed by atoms with Crippen molar-refractivity contribution in [2.45, 2.75) is 25.7 Å². The second kappa shape index (κ2) is 10.6. The van der Waals surface area contributed by atoms with Gasteiger partial charge in [0.05, 0.1) is 37.3 Å². The van der Waals surface area contributed by atoms with Crippen LogP contribution in [0.5, 0.6) is 5.75 Å². The summed E-state index contributed by atoms with van der Waals surface area (Å²) >= 11 is 0. The molecule has 6 heteroatoms. The number of hydrogen-bond donors (Lipinski definition) is 0. The van der Waals surface area contributed by atoms with Crippen molar-refractivity contribution in [2.24, 2.45) is 0 Å². The summed E-state index contributed by atoms with van der Waals surface area (Å²) in [6.07, 6.45) is 4.61. The van der Waals surface area contributed by atoms with Gasteiger partial charge in [0.25, 0.3) is 0 Å². The van der Waals surface area contributed by atoms with Crippen LogP contribution in [0.1, 0.15) is 25.0 Å². The highest BCUT2D eigenvalue weighted by Gasteiger charge is 2.21. The van der Waals surface area contributed by atoms with E-state index in [2.05, 4.69) is 16.0 Å². The van der Waals surface area contributed by atoms with Gasteiger partial charge in [-0.1, -0.05) is 42.5 Å². The zero-order chi connectivity index (χ0) is 22.2. The Morgan fingerprint density at radius 2 is 1.75 bits per heavy atom. The van der Waals surface area contributed by atoms with Crippen LogP contribution in [0.15, 0.2) is 65.3 Å². The van der Waals surface area contributed by atoms with Gasteiger partial charge in [0.15, 0.2) is 0 Å². The van der Waals surface area contributed by atoms with Gasteiger partial charge in [0.2, 0.25) is 5.71 Å². The highest BCUT2D eigenvalue weighted by atomic mass is 16.5.